The van der Waals surface area contributed by atoms with Crippen LogP contribution in [0.5, 0.6) is 0 Å². The van der Waals surface area contributed by atoms with Crippen LogP contribution in [0, 0.1) is 34.5 Å². The normalized spacial score (nSPS) is 59.1. The van der Waals surface area contributed by atoms with Crippen LogP contribution < -0.4 is 0 Å². The quantitative estimate of drug-likeness (QED) is 0.542. The standard InChI is InChI=1S/C14H24/c1-9-5-6-14(4)12-8-10(7-11(9)12)13(14,2)3/h9-12H,5-8H2,1-4H3. The van der Waals surface area contributed by atoms with Gasteiger partial charge in [-0.2, -0.15) is 0 Å². The van der Waals surface area contributed by atoms with Crippen molar-refractivity contribution in [1.29, 1.82) is 0 Å². The average Bonchev–Trinajstić information content (AvgIpc) is 2.62. The summed E-state index contributed by atoms with van der Waals surface area (Å²) in [5, 5.41) is 0. The van der Waals surface area contributed by atoms with Crippen molar-refractivity contribution in [2.24, 2.45) is 34.5 Å². The molecule has 0 amide bonds. The van der Waals surface area contributed by atoms with E-state index in [2.05, 4.69) is 27.7 Å². The molecular weight excluding hydrogens is 168 g/mol. The highest BCUT2D eigenvalue weighted by molar-refractivity contribution is 5.14. The van der Waals surface area contributed by atoms with E-state index in [4.69, 9.17) is 0 Å². The van der Waals surface area contributed by atoms with Crippen LogP contribution in [-0.4, -0.2) is 0 Å². The molecule has 5 unspecified atom stereocenters. The van der Waals surface area contributed by atoms with Gasteiger partial charge in [-0.1, -0.05) is 27.7 Å². The van der Waals surface area contributed by atoms with Gasteiger partial charge in [0.15, 0.2) is 0 Å². The molecule has 0 aromatic carbocycles. The lowest BCUT2D eigenvalue weighted by molar-refractivity contribution is -0.0664. The van der Waals surface area contributed by atoms with Crippen molar-refractivity contribution in [1.82, 2.24) is 0 Å². The lowest BCUT2D eigenvalue weighted by Gasteiger charge is -2.55. The van der Waals surface area contributed by atoms with Crippen molar-refractivity contribution in [3.63, 3.8) is 0 Å². The van der Waals surface area contributed by atoms with Crippen LogP contribution in [0.4, 0.5) is 0 Å². The predicted molar refractivity (Wildman–Crippen MR) is 60.0 cm³/mol. The molecule has 0 nitrogen and oxygen atoms in total. The van der Waals surface area contributed by atoms with Crippen LogP contribution in [0.3, 0.4) is 0 Å². The van der Waals surface area contributed by atoms with E-state index in [0.29, 0.717) is 10.8 Å². The first-order valence-corrected chi connectivity index (χ1v) is 6.47. The van der Waals surface area contributed by atoms with Gasteiger partial charge in [-0.05, 0) is 60.2 Å². The molecule has 3 rings (SSSR count). The van der Waals surface area contributed by atoms with Crippen molar-refractivity contribution in [3.05, 3.63) is 0 Å². The fourth-order valence-electron chi connectivity index (χ4n) is 5.21. The fourth-order valence-corrected chi connectivity index (χ4v) is 5.21. The first-order chi connectivity index (χ1) is 6.47. The Morgan fingerprint density at radius 3 is 2.43 bits per heavy atom. The van der Waals surface area contributed by atoms with E-state index in [-0.39, 0.29) is 0 Å². The van der Waals surface area contributed by atoms with E-state index < -0.39 is 0 Å². The Bertz CT molecular complexity index is 263. The molecule has 3 fully saturated rings. The minimum atomic E-state index is 0.633. The van der Waals surface area contributed by atoms with Gasteiger partial charge in [0.1, 0.15) is 0 Å². The Balaban J connectivity index is 2.03. The summed E-state index contributed by atoms with van der Waals surface area (Å²) in [4.78, 5) is 0. The van der Waals surface area contributed by atoms with E-state index in [0.717, 1.165) is 23.7 Å². The fraction of sp³-hybridized carbons (Fsp3) is 1.00. The van der Waals surface area contributed by atoms with Gasteiger partial charge >= 0.3 is 0 Å². The molecule has 3 aliphatic rings. The molecule has 0 saturated heterocycles. The van der Waals surface area contributed by atoms with E-state index in [1.807, 2.05) is 0 Å². The van der Waals surface area contributed by atoms with E-state index in [9.17, 15) is 0 Å². The molecular formula is C14H24. The zero-order valence-corrected chi connectivity index (χ0v) is 10.1. The highest BCUT2D eigenvalue weighted by Gasteiger charge is 2.65. The van der Waals surface area contributed by atoms with Gasteiger partial charge in [0.25, 0.3) is 0 Å². The maximum Gasteiger partial charge on any atom is -0.0241 e. The zero-order valence-electron chi connectivity index (χ0n) is 10.1. The molecule has 3 saturated carbocycles. The number of fused-ring (bicyclic) bond motifs is 1. The molecule has 80 valence electrons. The Kier molecular flexibility index (Phi) is 1.58. The van der Waals surface area contributed by atoms with Crippen LogP contribution >= 0.6 is 0 Å². The summed E-state index contributed by atoms with van der Waals surface area (Å²) in [6, 6.07) is 0. The Morgan fingerprint density at radius 2 is 1.79 bits per heavy atom. The largest absolute Gasteiger partial charge is 0.0622 e. The molecule has 3 aliphatic carbocycles. The second-order valence-electron chi connectivity index (χ2n) is 7.09. The van der Waals surface area contributed by atoms with Gasteiger partial charge in [-0.25, -0.2) is 0 Å². The number of rotatable bonds is 0. The molecule has 0 aliphatic heterocycles. The molecule has 0 heteroatoms. The van der Waals surface area contributed by atoms with Gasteiger partial charge in [0.05, 0.1) is 0 Å². The second kappa shape index (κ2) is 2.39. The second-order valence-corrected chi connectivity index (χ2v) is 7.09. The lowest BCUT2D eigenvalue weighted by atomic mass is 9.49. The smallest absolute Gasteiger partial charge is 0.0241 e. The Labute approximate surface area is 88.5 Å². The third kappa shape index (κ3) is 0.785. The van der Waals surface area contributed by atoms with Crippen molar-refractivity contribution in [2.45, 2.75) is 53.4 Å². The summed E-state index contributed by atoms with van der Waals surface area (Å²) in [6.07, 6.45) is 6.10. The van der Waals surface area contributed by atoms with Crippen LogP contribution in [0.2, 0.25) is 0 Å². The third-order valence-electron chi connectivity index (χ3n) is 6.77. The number of hydrogen-bond donors (Lipinski definition) is 0. The summed E-state index contributed by atoms with van der Waals surface area (Å²) in [7, 11) is 0. The minimum absolute atomic E-state index is 0.633. The summed E-state index contributed by atoms with van der Waals surface area (Å²) in [6.45, 7) is 10.2. The SMILES string of the molecule is CC1CCC2(C)C3CC(CC13)C2(C)C. The van der Waals surface area contributed by atoms with Crippen molar-refractivity contribution in [3.8, 4) is 0 Å². The Morgan fingerprint density at radius 1 is 1.07 bits per heavy atom. The molecule has 0 aromatic rings. The zero-order chi connectivity index (χ0) is 10.1. The minimum Gasteiger partial charge on any atom is -0.0622 e. The predicted octanol–water partition coefficient (Wildman–Crippen LogP) is 4.10. The van der Waals surface area contributed by atoms with E-state index in [1.54, 1.807) is 12.8 Å². The lowest BCUT2D eigenvalue weighted by Crippen LogP contribution is -2.48. The molecule has 0 spiro atoms. The first kappa shape index (κ1) is 9.24. The van der Waals surface area contributed by atoms with Crippen molar-refractivity contribution >= 4 is 0 Å². The molecule has 0 N–H and O–H groups in total. The third-order valence-corrected chi connectivity index (χ3v) is 6.77. The Hall–Kier alpha value is 0. The average molecular weight is 192 g/mol. The molecule has 0 aromatic heterocycles. The van der Waals surface area contributed by atoms with E-state index >= 15 is 0 Å². The first-order valence-electron chi connectivity index (χ1n) is 6.47. The summed E-state index contributed by atoms with van der Waals surface area (Å²) >= 11 is 0. The van der Waals surface area contributed by atoms with Gasteiger partial charge in [-0.3, -0.25) is 0 Å². The molecule has 2 bridgehead atoms. The van der Waals surface area contributed by atoms with Gasteiger partial charge < -0.3 is 0 Å². The highest BCUT2D eigenvalue weighted by atomic mass is 14.7. The monoisotopic (exact) mass is 192 g/mol. The maximum absolute atomic E-state index is 2.59. The molecule has 5 atom stereocenters. The molecule has 14 heavy (non-hydrogen) atoms. The van der Waals surface area contributed by atoms with Gasteiger partial charge in [0.2, 0.25) is 0 Å². The molecule has 0 radical (unpaired) electrons. The van der Waals surface area contributed by atoms with Crippen molar-refractivity contribution in [2.75, 3.05) is 0 Å². The molecule has 0 heterocycles. The van der Waals surface area contributed by atoms with Crippen LogP contribution in [-0.2, 0) is 0 Å². The summed E-state index contributed by atoms with van der Waals surface area (Å²) in [5.74, 6) is 4.23. The summed E-state index contributed by atoms with van der Waals surface area (Å²) < 4.78 is 0. The maximum atomic E-state index is 2.59. The van der Waals surface area contributed by atoms with Crippen LogP contribution in [0.1, 0.15) is 53.4 Å². The summed E-state index contributed by atoms with van der Waals surface area (Å²) in [5.41, 5.74) is 1.32. The number of hydrogen-bond acceptors (Lipinski definition) is 0. The van der Waals surface area contributed by atoms with Gasteiger partial charge in [0, 0.05) is 0 Å². The van der Waals surface area contributed by atoms with Gasteiger partial charge in [-0.15, -0.1) is 0 Å². The van der Waals surface area contributed by atoms with Crippen LogP contribution in [0.15, 0.2) is 0 Å². The van der Waals surface area contributed by atoms with E-state index in [1.165, 1.54) is 12.8 Å². The van der Waals surface area contributed by atoms with Crippen molar-refractivity contribution < 1.29 is 0 Å². The topological polar surface area (TPSA) is 0 Å². The van der Waals surface area contributed by atoms with Crippen LogP contribution in [0.25, 0.3) is 0 Å². The highest BCUT2D eigenvalue weighted by Crippen LogP contribution is 2.73.